The average Bonchev–Trinajstić information content (AvgIpc) is 3.28. The zero-order chi connectivity index (χ0) is 12.6. The third-order valence-corrected chi connectivity index (χ3v) is 5.11. The molecule has 2 atom stereocenters. The summed E-state index contributed by atoms with van der Waals surface area (Å²) >= 11 is 0. The van der Waals surface area contributed by atoms with Gasteiger partial charge in [0.15, 0.2) is 0 Å². The van der Waals surface area contributed by atoms with Crippen molar-refractivity contribution in [2.45, 2.75) is 69.6 Å². The molecule has 3 aliphatic rings. The van der Waals surface area contributed by atoms with Crippen molar-refractivity contribution in [3.8, 4) is 0 Å². The van der Waals surface area contributed by atoms with Crippen LogP contribution in [0, 0.1) is 5.92 Å². The van der Waals surface area contributed by atoms with Crippen molar-refractivity contribution in [2.24, 2.45) is 11.7 Å². The smallest absolute Gasteiger partial charge is 0.0590 e. The van der Waals surface area contributed by atoms with Crippen LogP contribution >= 0.6 is 0 Å². The van der Waals surface area contributed by atoms with Gasteiger partial charge in [-0.3, -0.25) is 4.90 Å². The van der Waals surface area contributed by atoms with Gasteiger partial charge in [-0.15, -0.1) is 0 Å². The first kappa shape index (κ1) is 12.9. The lowest BCUT2D eigenvalue weighted by atomic mass is 9.83. The van der Waals surface area contributed by atoms with E-state index in [0.717, 1.165) is 44.4 Å². The molecule has 0 spiro atoms. The highest BCUT2D eigenvalue weighted by atomic mass is 16.5. The first-order valence-corrected chi connectivity index (χ1v) is 7.86. The van der Waals surface area contributed by atoms with Crippen LogP contribution in [0.2, 0.25) is 0 Å². The maximum atomic E-state index is 6.22. The summed E-state index contributed by atoms with van der Waals surface area (Å²) in [5, 5.41) is 0. The Morgan fingerprint density at radius 2 is 2.06 bits per heavy atom. The summed E-state index contributed by atoms with van der Waals surface area (Å²) < 4.78 is 5.87. The molecule has 0 amide bonds. The Morgan fingerprint density at radius 1 is 1.28 bits per heavy atom. The van der Waals surface area contributed by atoms with Gasteiger partial charge < -0.3 is 10.5 Å². The van der Waals surface area contributed by atoms with Gasteiger partial charge in [0.05, 0.1) is 6.10 Å². The molecule has 2 aliphatic carbocycles. The molecule has 2 unspecified atom stereocenters. The molecule has 2 saturated carbocycles. The average molecular weight is 252 g/mol. The highest BCUT2D eigenvalue weighted by molar-refractivity contribution is 5.03. The molecular weight excluding hydrogens is 224 g/mol. The minimum absolute atomic E-state index is 0.253. The molecule has 0 aromatic carbocycles. The molecule has 1 aliphatic heterocycles. The highest BCUT2D eigenvalue weighted by Crippen LogP contribution is 2.42. The minimum atomic E-state index is 0.253. The normalized spacial score (nSPS) is 37.2. The zero-order valence-electron chi connectivity index (χ0n) is 11.7. The van der Waals surface area contributed by atoms with Gasteiger partial charge in [-0.2, -0.15) is 0 Å². The van der Waals surface area contributed by atoms with Crippen LogP contribution < -0.4 is 5.73 Å². The van der Waals surface area contributed by atoms with E-state index in [9.17, 15) is 0 Å². The maximum Gasteiger partial charge on any atom is 0.0590 e. The summed E-state index contributed by atoms with van der Waals surface area (Å²) in [6.07, 6.45) is 9.53. The van der Waals surface area contributed by atoms with Gasteiger partial charge >= 0.3 is 0 Å². The van der Waals surface area contributed by atoms with Crippen molar-refractivity contribution in [1.29, 1.82) is 0 Å². The molecule has 0 aromatic heterocycles. The molecule has 3 fully saturated rings. The topological polar surface area (TPSA) is 38.5 Å². The predicted molar refractivity (Wildman–Crippen MR) is 73.5 cm³/mol. The van der Waals surface area contributed by atoms with Crippen molar-refractivity contribution < 1.29 is 4.74 Å². The van der Waals surface area contributed by atoms with Crippen LogP contribution in [0.15, 0.2) is 0 Å². The van der Waals surface area contributed by atoms with Crippen LogP contribution in [0.1, 0.15) is 51.9 Å². The standard InChI is InChI=1S/C15H28N2O/c1-2-14-9-15(11-16,7-8-18-14)17(13-5-6-13)10-12-3-4-12/h12-14H,2-11,16H2,1H3. The van der Waals surface area contributed by atoms with Gasteiger partial charge in [0, 0.05) is 31.3 Å². The van der Waals surface area contributed by atoms with Crippen molar-refractivity contribution in [3.05, 3.63) is 0 Å². The van der Waals surface area contributed by atoms with Crippen molar-refractivity contribution in [3.63, 3.8) is 0 Å². The van der Waals surface area contributed by atoms with Crippen LogP contribution in [-0.2, 0) is 4.74 Å². The highest BCUT2D eigenvalue weighted by Gasteiger charge is 2.47. The second-order valence-corrected chi connectivity index (χ2v) is 6.61. The molecule has 3 rings (SSSR count). The fourth-order valence-electron chi connectivity index (χ4n) is 3.52. The number of rotatable bonds is 6. The largest absolute Gasteiger partial charge is 0.378 e. The molecular formula is C15H28N2O. The molecule has 1 heterocycles. The van der Waals surface area contributed by atoms with Crippen molar-refractivity contribution >= 4 is 0 Å². The second-order valence-electron chi connectivity index (χ2n) is 6.61. The lowest BCUT2D eigenvalue weighted by molar-refractivity contribution is -0.0761. The molecule has 3 nitrogen and oxygen atoms in total. The van der Waals surface area contributed by atoms with Gasteiger partial charge in [-0.25, -0.2) is 0 Å². The number of ether oxygens (including phenoxy) is 1. The van der Waals surface area contributed by atoms with Crippen molar-refractivity contribution in [2.75, 3.05) is 19.7 Å². The van der Waals surface area contributed by atoms with Crippen LogP contribution in [0.25, 0.3) is 0 Å². The molecule has 0 bridgehead atoms. The molecule has 0 aromatic rings. The fourth-order valence-corrected chi connectivity index (χ4v) is 3.52. The van der Waals surface area contributed by atoms with Gasteiger partial charge in [-0.1, -0.05) is 6.92 Å². The summed E-state index contributed by atoms with van der Waals surface area (Å²) in [5.74, 6) is 0.969. The number of nitrogens with two attached hydrogens (primary N) is 1. The van der Waals surface area contributed by atoms with Crippen LogP contribution in [0.3, 0.4) is 0 Å². The van der Waals surface area contributed by atoms with Gasteiger partial charge in [-0.05, 0) is 50.9 Å². The lowest BCUT2D eigenvalue weighted by Gasteiger charge is -2.48. The maximum absolute atomic E-state index is 6.22. The predicted octanol–water partition coefficient (Wildman–Crippen LogP) is 2.15. The van der Waals surface area contributed by atoms with E-state index in [1.54, 1.807) is 0 Å². The third kappa shape index (κ3) is 2.59. The zero-order valence-corrected chi connectivity index (χ0v) is 11.7. The van der Waals surface area contributed by atoms with E-state index in [1.807, 2.05) is 0 Å². The second kappa shape index (κ2) is 5.10. The van der Waals surface area contributed by atoms with E-state index in [0.29, 0.717) is 6.10 Å². The number of hydrogen-bond acceptors (Lipinski definition) is 3. The molecule has 104 valence electrons. The first-order valence-electron chi connectivity index (χ1n) is 7.86. The van der Waals surface area contributed by atoms with Gasteiger partial charge in [0.1, 0.15) is 0 Å². The molecule has 18 heavy (non-hydrogen) atoms. The SMILES string of the molecule is CCC1CC(CN)(N(CC2CC2)C2CC2)CCO1. The summed E-state index contributed by atoms with van der Waals surface area (Å²) in [6, 6.07) is 0.838. The van der Waals surface area contributed by atoms with Crippen LogP contribution in [-0.4, -0.2) is 42.3 Å². The summed E-state index contributed by atoms with van der Waals surface area (Å²) in [5.41, 5.74) is 6.47. The van der Waals surface area contributed by atoms with E-state index >= 15 is 0 Å². The van der Waals surface area contributed by atoms with E-state index in [4.69, 9.17) is 10.5 Å². The van der Waals surface area contributed by atoms with Gasteiger partial charge in [0.2, 0.25) is 0 Å². The Labute approximate surface area is 111 Å². The molecule has 1 saturated heterocycles. The van der Waals surface area contributed by atoms with Crippen molar-refractivity contribution in [1.82, 2.24) is 4.90 Å². The van der Waals surface area contributed by atoms with E-state index in [1.165, 1.54) is 32.2 Å². The third-order valence-electron chi connectivity index (χ3n) is 5.11. The summed E-state index contributed by atoms with van der Waals surface area (Å²) in [4.78, 5) is 2.80. The summed E-state index contributed by atoms with van der Waals surface area (Å²) in [6.45, 7) is 5.26. The Balaban J connectivity index is 1.73. The van der Waals surface area contributed by atoms with E-state index in [2.05, 4.69) is 11.8 Å². The first-order chi connectivity index (χ1) is 8.77. The van der Waals surface area contributed by atoms with Crippen LogP contribution in [0.5, 0.6) is 0 Å². The molecule has 2 N–H and O–H groups in total. The molecule has 3 heteroatoms. The Morgan fingerprint density at radius 3 is 2.61 bits per heavy atom. The fraction of sp³-hybridized carbons (Fsp3) is 1.00. The Hall–Kier alpha value is -0.120. The lowest BCUT2D eigenvalue weighted by Crippen LogP contribution is -2.59. The van der Waals surface area contributed by atoms with E-state index < -0.39 is 0 Å². The van der Waals surface area contributed by atoms with E-state index in [-0.39, 0.29) is 5.54 Å². The molecule has 0 radical (unpaired) electrons. The Kier molecular flexibility index (Phi) is 3.65. The monoisotopic (exact) mass is 252 g/mol. The van der Waals surface area contributed by atoms with Gasteiger partial charge in [0.25, 0.3) is 0 Å². The van der Waals surface area contributed by atoms with Crippen LogP contribution in [0.4, 0.5) is 0 Å². The summed E-state index contributed by atoms with van der Waals surface area (Å²) in [7, 11) is 0. The number of nitrogens with zero attached hydrogens (tertiary/aromatic N) is 1. The number of hydrogen-bond donors (Lipinski definition) is 1. The minimum Gasteiger partial charge on any atom is -0.378 e. The Bertz CT molecular complexity index is 288. The quantitative estimate of drug-likeness (QED) is 0.787.